The number of nitrogens with two attached hydrogens (primary N) is 1. The lowest BCUT2D eigenvalue weighted by Gasteiger charge is -2.10. The van der Waals surface area contributed by atoms with Crippen LogP contribution in [0, 0.1) is 6.92 Å². The molecular weight excluding hydrogens is 150 g/mol. The highest BCUT2D eigenvalue weighted by atomic mass is 16.5. The zero-order chi connectivity index (χ0) is 9.14. The molecule has 0 spiro atoms. The van der Waals surface area contributed by atoms with E-state index in [1.165, 1.54) is 5.56 Å². The molecule has 0 heterocycles. The second kappa shape index (κ2) is 3.59. The van der Waals surface area contributed by atoms with Gasteiger partial charge in [-0.2, -0.15) is 0 Å². The quantitative estimate of drug-likeness (QED) is 0.727. The van der Waals surface area contributed by atoms with Crippen LogP contribution < -0.4 is 10.5 Å². The molecule has 0 aliphatic rings. The molecule has 0 radical (unpaired) electrons. The molecule has 1 aromatic carbocycles. The van der Waals surface area contributed by atoms with E-state index >= 15 is 0 Å². The summed E-state index contributed by atoms with van der Waals surface area (Å²) in [5.41, 5.74) is 8.14. The predicted octanol–water partition coefficient (Wildman–Crippen LogP) is 2.02. The molecule has 66 valence electrons. The van der Waals surface area contributed by atoms with Gasteiger partial charge in [-0.15, -0.1) is 0 Å². The molecule has 0 aliphatic carbocycles. The fourth-order valence-electron chi connectivity index (χ4n) is 1.24. The van der Waals surface area contributed by atoms with E-state index < -0.39 is 0 Å². The molecule has 0 aliphatic heterocycles. The molecule has 0 bridgehead atoms. The van der Waals surface area contributed by atoms with E-state index in [0.717, 1.165) is 11.3 Å². The van der Waals surface area contributed by atoms with Gasteiger partial charge in [0, 0.05) is 6.04 Å². The Morgan fingerprint density at radius 2 is 2.08 bits per heavy atom. The summed E-state index contributed by atoms with van der Waals surface area (Å²) < 4.78 is 5.10. The average Bonchev–Trinajstić information content (AvgIpc) is 2.05. The predicted molar refractivity (Wildman–Crippen MR) is 50.3 cm³/mol. The van der Waals surface area contributed by atoms with Gasteiger partial charge < -0.3 is 10.5 Å². The summed E-state index contributed by atoms with van der Waals surface area (Å²) in [4.78, 5) is 0. The van der Waals surface area contributed by atoms with Gasteiger partial charge in [0.1, 0.15) is 5.75 Å². The third-order valence-electron chi connectivity index (χ3n) is 1.98. The van der Waals surface area contributed by atoms with Crippen molar-refractivity contribution in [3.8, 4) is 5.75 Å². The number of hydrogen-bond acceptors (Lipinski definition) is 2. The van der Waals surface area contributed by atoms with E-state index in [1.807, 2.05) is 25.1 Å². The Balaban J connectivity index is 3.08. The number of methoxy groups -OCH3 is 1. The molecule has 0 amide bonds. The van der Waals surface area contributed by atoms with E-state index in [9.17, 15) is 0 Å². The summed E-state index contributed by atoms with van der Waals surface area (Å²) in [7, 11) is 1.66. The molecule has 2 N–H and O–H groups in total. The first-order valence-corrected chi connectivity index (χ1v) is 4.05. The number of ether oxygens (including phenoxy) is 1. The van der Waals surface area contributed by atoms with Crippen LogP contribution in [0.4, 0.5) is 0 Å². The Kier molecular flexibility index (Phi) is 2.71. The van der Waals surface area contributed by atoms with Crippen LogP contribution in [-0.4, -0.2) is 7.11 Å². The van der Waals surface area contributed by atoms with Crippen LogP contribution in [0.1, 0.15) is 24.1 Å². The minimum absolute atomic E-state index is 0.0695. The van der Waals surface area contributed by atoms with E-state index in [2.05, 4.69) is 6.92 Å². The highest BCUT2D eigenvalue weighted by Gasteiger charge is 2.04. The number of benzene rings is 1. The van der Waals surface area contributed by atoms with Gasteiger partial charge in [-0.3, -0.25) is 0 Å². The molecule has 0 unspecified atom stereocenters. The molecule has 0 saturated heterocycles. The van der Waals surface area contributed by atoms with Crippen LogP contribution in [0.15, 0.2) is 18.2 Å². The molecule has 0 fully saturated rings. The molecule has 0 saturated carbocycles. The van der Waals surface area contributed by atoms with Gasteiger partial charge in [0.25, 0.3) is 0 Å². The van der Waals surface area contributed by atoms with Gasteiger partial charge in [-0.05, 0) is 37.1 Å². The normalized spacial score (nSPS) is 12.7. The standard InChI is InChI=1S/C10H15NO/c1-7-4-5-9(12-3)6-10(7)8(2)11/h4-6,8H,11H2,1-3H3/t8-/m1/s1. The van der Waals surface area contributed by atoms with Crippen molar-refractivity contribution in [2.75, 3.05) is 7.11 Å². The summed E-state index contributed by atoms with van der Waals surface area (Å²) >= 11 is 0. The molecule has 1 atom stereocenters. The van der Waals surface area contributed by atoms with Crippen molar-refractivity contribution in [2.24, 2.45) is 5.73 Å². The highest BCUT2D eigenvalue weighted by Crippen LogP contribution is 2.21. The van der Waals surface area contributed by atoms with Crippen LogP contribution in [0.3, 0.4) is 0 Å². The van der Waals surface area contributed by atoms with Gasteiger partial charge in [-0.1, -0.05) is 6.07 Å². The second-order valence-corrected chi connectivity index (χ2v) is 3.01. The van der Waals surface area contributed by atoms with Crippen molar-refractivity contribution in [1.82, 2.24) is 0 Å². The molecular formula is C10H15NO. The largest absolute Gasteiger partial charge is 0.497 e. The first-order chi connectivity index (χ1) is 5.65. The van der Waals surface area contributed by atoms with Crippen molar-refractivity contribution >= 4 is 0 Å². The fourth-order valence-corrected chi connectivity index (χ4v) is 1.24. The first-order valence-electron chi connectivity index (χ1n) is 4.05. The van der Waals surface area contributed by atoms with E-state index in [1.54, 1.807) is 7.11 Å². The summed E-state index contributed by atoms with van der Waals surface area (Å²) in [6, 6.07) is 6.03. The molecule has 12 heavy (non-hydrogen) atoms. The van der Waals surface area contributed by atoms with Gasteiger partial charge in [0.05, 0.1) is 7.11 Å². The van der Waals surface area contributed by atoms with E-state index in [-0.39, 0.29) is 6.04 Å². The molecule has 1 aromatic rings. The number of aryl methyl sites for hydroxylation is 1. The lowest BCUT2D eigenvalue weighted by atomic mass is 10.0. The Morgan fingerprint density at radius 1 is 1.42 bits per heavy atom. The Bertz CT molecular complexity index is 269. The number of hydrogen-bond donors (Lipinski definition) is 1. The highest BCUT2D eigenvalue weighted by molar-refractivity contribution is 5.36. The van der Waals surface area contributed by atoms with Crippen molar-refractivity contribution in [3.63, 3.8) is 0 Å². The second-order valence-electron chi connectivity index (χ2n) is 3.01. The molecule has 1 rings (SSSR count). The van der Waals surface area contributed by atoms with Crippen LogP contribution in [0.25, 0.3) is 0 Å². The third-order valence-corrected chi connectivity index (χ3v) is 1.98. The van der Waals surface area contributed by atoms with Crippen LogP contribution in [-0.2, 0) is 0 Å². The molecule has 2 heteroatoms. The zero-order valence-corrected chi connectivity index (χ0v) is 7.79. The van der Waals surface area contributed by atoms with Gasteiger partial charge in [0.15, 0.2) is 0 Å². The maximum atomic E-state index is 5.78. The van der Waals surface area contributed by atoms with Gasteiger partial charge >= 0.3 is 0 Å². The van der Waals surface area contributed by atoms with Gasteiger partial charge in [0.2, 0.25) is 0 Å². The lowest BCUT2D eigenvalue weighted by Crippen LogP contribution is -2.06. The minimum Gasteiger partial charge on any atom is -0.497 e. The SMILES string of the molecule is COc1ccc(C)c([C@@H](C)N)c1. The van der Waals surface area contributed by atoms with Crippen LogP contribution in [0.5, 0.6) is 5.75 Å². The summed E-state index contributed by atoms with van der Waals surface area (Å²) in [5.74, 6) is 0.868. The summed E-state index contributed by atoms with van der Waals surface area (Å²) in [5, 5.41) is 0. The topological polar surface area (TPSA) is 35.2 Å². The van der Waals surface area contributed by atoms with Crippen molar-refractivity contribution in [3.05, 3.63) is 29.3 Å². The van der Waals surface area contributed by atoms with Crippen LogP contribution in [0.2, 0.25) is 0 Å². The van der Waals surface area contributed by atoms with Crippen LogP contribution >= 0.6 is 0 Å². The van der Waals surface area contributed by atoms with E-state index in [4.69, 9.17) is 10.5 Å². The number of rotatable bonds is 2. The van der Waals surface area contributed by atoms with E-state index in [0.29, 0.717) is 0 Å². The Hall–Kier alpha value is -1.02. The minimum atomic E-state index is 0.0695. The lowest BCUT2D eigenvalue weighted by molar-refractivity contribution is 0.414. The van der Waals surface area contributed by atoms with Crippen molar-refractivity contribution < 1.29 is 4.74 Å². The Morgan fingerprint density at radius 3 is 2.58 bits per heavy atom. The summed E-state index contributed by atoms with van der Waals surface area (Å²) in [6.45, 7) is 4.03. The zero-order valence-electron chi connectivity index (χ0n) is 7.79. The monoisotopic (exact) mass is 165 g/mol. The maximum Gasteiger partial charge on any atom is 0.119 e. The van der Waals surface area contributed by atoms with Crippen molar-refractivity contribution in [2.45, 2.75) is 19.9 Å². The summed E-state index contributed by atoms with van der Waals surface area (Å²) in [6.07, 6.45) is 0. The average molecular weight is 165 g/mol. The Labute approximate surface area is 73.3 Å². The molecule has 2 nitrogen and oxygen atoms in total. The first kappa shape index (κ1) is 9.07. The van der Waals surface area contributed by atoms with Crippen molar-refractivity contribution in [1.29, 1.82) is 0 Å². The maximum absolute atomic E-state index is 5.78. The third kappa shape index (κ3) is 1.77. The smallest absolute Gasteiger partial charge is 0.119 e. The molecule has 0 aromatic heterocycles. The van der Waals surface area contributed by atoms with Gasteiger partial charge in [-0.25, -0.2) is 0 Å². The fraction of sp³-hybridized carbons (Fsp3) is 0.400.